The van der Waals surface area contributed by atoms with Gasteiger partial charge in [-0.05, 0) is 32.9 Å². The molecule has 0 saturated carbocycles. The third-order valence-electron chi connectivity index (χ3n) is 2.74. The zero-order valence-corrected chi connectivity index (χ0v) is 14.4. The van der Waals surface area contributed by atoms with Gasteiger partial charge in [0.1, 0.15) is 0 Å². The van der Waals surface area contributed by atoms with Crippen LogP contribution in [0, 0.1) is 0 Å². The fraction of sp³-hybridized carbons (Fsp3) is 0.438. The molecule has 138 valence electrons. The third kappa shape index (κ3) is 6.21. The van der Waals surface area contributed by atoms with Crippen LogP contribution in [0.15, 0.2) is 12.1 Å². The maximum Gasteiger partial charge on any atom is 0.338 e. The van der Waals surface area contributed by atoms with E-state index in [9.17, 15) is 14.4 Å². The van der Waals surface area contributed by atoms with Gasteiger partial charge in [0.2, 0.25) is 5.75 Å². The van der Waals surface area contributed by atoms with E-state index in [1.807, 2.05) is 6.92 Å². The van der Waals surface area contributed by atoms with E-state index in [0.717, 1.165) is 0 Å². The van der Waals surface area contributed by atoms with Crippen LogP contribution in [0.2, 0.25) is 0 Å². The molecule has 0 heterocycles. The van der Waals surface area contributed by atoms with Crippen LogP contribution in [0.3, 0.4) is 0 Å². The number of benzene rings is 1. The Kier molecular flexibility index (Phi) is 8.04. The van der Waals surface area contributed by atoms with Crippen molar-refractivity contribution < 1.29 is 33.3 Å². The van der Waals surface area contributed by atoms with Crippen LogP contribution in [-0.4, -0.2) is 44.3 Å². The second-order valence-corrected chi connectivity index (χ2v) is 4.59. The summed E-state index contributed by atoms with van der Waals surface area (Å²) >= 11 is 0. The van der Waals surface area contributed by atoms with Crippen molar-refractivity contribution in [3.63, 3.8) is 0 Å². The molecule has 25 heavy (non-hydrogen) atoms. The average Bonchev–Trinajstić information content (AvgIpc) is 2.55. The molecule has 0 aromatic heterocycles. The highest BCUT2D eigenvalue weighted by Crippen LogP contribution is 2.39. The van der Waals surface area contributed by atoms with Gasteiger partial charge < -0.3 is 24.7 Å². The number of nitrogens with two attached hydrogens (primary N) is 1. The zero-order valence-electron chi connectivity index (χ0n) is 14.4. The molecule has 1 rings (SSSR count). The van der Waals surface area contributed by atoms with E-state index in [4.69, 9.17) is 24.7 Å². The van der Waals surface area contributed by atoms with E-state index in [1.165, 1.54) is 12.1 Å². The minimum atomic E-state index is -1.03. The topological polar surface area (TPSA) is 126 Å². The van der Waals surface area contributed by atoms with Crippen molar-refractivity contribution in [3.05, 3.63) is 17.7 Å². The number of carbonyl (C=O) groups excluding carboxylic acids is 3. The summed E-state index contributed by atoms with van der Waals surface area (Å²) in [5.74, 6) is -0.590. The van der Waals surface area contributed by atoms with Crippen LogP contribution in [0.1, 0.15) is 31.1 Å². The highest BCUT2D eigenvalue weighted by molar-refractivity contribution is 5.96. The van der Waals surface area contributed by atoms with E-state index in [-0.39, 0.29) is 5.56 Å². The molecule has 0 saturated heterocycles. The number of hydrogen-bond donors (Lipinski definition) is 2. The molecular weight excluding hydrogens is 332 g/mol. The molecule has 0 bridgehead atoms. The minimum absolute atomic E-state index is 0.113. The molecule has 9 nitrogen and oxygen atoms in total. The minimum Gasteiger partial charge on any atom is -0.490 e. The smallest absolute Gasteiger partial charge is 0.338 e. The van der Waals surface area contributed by atoms with E-state index < -0.39 is 24.5 Å². The van der Waals surface area contributed by atoms with Crippen LogP contribution >= 0.6 is 0 Å². The Hall–Kier alpha value is -2.97. The normalized spacial score (nSPS) is 9.88. The van der Waals surface area contributed by atoms with Crippen LogP contribution in [0.5, 0.6) is 17.2 Å². The highest BCUT2D eigenvalue weighted by Gasteiger charge is 2.20. The highest BCUT2D eigenvalue weighted by atomic mass is 16.5. The SMILES string of the molecule is CCOc1cc(C(=O)OCC(=O)NC(N)=O)cc(OCC)c1OCC. The van der Waals surface area contributed by atoms with Gasteiger partial charge in [0, 0.05) is 0 Å². The lowest BCUT2D eigenvalue weighted by atomic mass is 10.2. The molecule has 0 atom stereocenters. The number of esters is 1. The van der Waals surface area contributed by atoms with Gasteiger partial charge in [-0.2, -0.15) is 0 Å². The summed E-state index contributed by atoms with van der Waals surface area (Å²) in [5.41, 5.74) is 4.92. The monoisotopic (exact) mass is 354 g/mol. The second kappa shape index (κ2) is 10.0. The van der Waals surface area contributed by atoms with Gasteiger partial charge in [0.25, 0.3) is 5.91 Å². The lowest BCUT2D eigenvalue weighted by Crippen LogP contribution is -2.37. The van der Waals surface area contributed by atoms with Gasteiger partial charge in [0.05, 0.1) is 25.4 Å². The predicted molar refractivity (Wildman–Crippen MR) is 88.0 cm³/mol. The van der Waals surface area contributed by atoms with Gasteiger partial charge in [-0.15, -0.1) is 0 Å². The predicted octanol–water partition coefficient (Wildman–Crippen LogP) is 1.23. The molecule has 0 spiro atoms. The Morgan fingerprint density at radius 3 is 1.92 bits per heavy atom. The van der Waals surface area contributed by atoms with Gasteiger partial charge in [-0.3, -0.25) is 10.1 Å². The Balaban J connectivity index is 3.02. The number of ether oxygens (including phenoxy) is 4. The van der Waals surface area contributed by atoms with E-state index >= 15 is 0 Å². The fourth-order valence-electron chi connectivity index (χ4n) is 1.89. The van der Waals surface area contributed by atoms with E-state index in [1.54, 1.807) is 19.2 Å². The first-order valence-electron chi connectivity index (χ1n) is 7.75. The van der Waals surface area contributed by atoms with Gasteiger partial charge >= 0.3 is 12.0 Å². The largest absolute Gasteiger partial charge is 0.490 e. The molecule has 9 heteroatoms. The molecule has 1 aromatic rings. The van der Waals surface area contributed by atoms with Crippen molar-refractivity contribution in [2.24, 2.45) is 5.73 Å². The first-order valence-corrected chi connectivity index (χ1v) is 7.75. The number of primary amides is 1. The van der Waals surface area contributed by atoms with Gasteiger partial charge in [-0.25, -0.2) is 9.59 Å². The molecule has 3 N–H and O–H groups in total. The van der Waals surface area contributed by atoms with Gasteiger partial charge in [0.15, 0.2) is 18.1 Å². The number of urea groups is 1. The van der Waals surface area contributed by atoms with Crippen molar-refractivity contribution >= 4 is 17.9 Å². The Bertz CT molecular complexity index is 604. The molecule has 0 aliphatic rings. The maximum absolute atomic E-state index is 12.1. The van der Waals surface area contributed by atoms with Crippen LogP contribution in [0.4, 0.5) is 4.79 Å². The second-order valence-electron chi connectivity index (χ2n) is 4.59. The summed E-state index contributed by atoms with van der Waals surface area (Å²) in [7, 11) is 0. The number of rotatable bonds is 9. The number of imide groups is 1. The summed E-state index contributed by atoms with van der Waals surface area (Å²) in [6.07, 6.45) is 0. The van der Waals surface area contributed by atoms with E-state index in [0.29, 0.717) is 37.1 Å². The van der Waals surface area contributed by atoms with Gasteiger partial charge in [-0.1, -0.05) is 0 Å². The van der Waals surface area contributed by atoms with Crippen molar-refractivity contribution in [2.45, 2.75) is 20.8 Å². The number of carbonyl (C=O) groups is 3. The number of nitrogens with one attached hydrogen (secondary N) is 1. The summed E-state index contributed by atoms with van der Waals surface area (Å²) in [5, 5.41) is 1.79. The van der Waals surface area contributed by atoms with Crippen molar-refractivity contribution in [1.29, 1.82) is 0 Å². The van der Waals surface area contributed by atoms with Crippen LogP contribution < -0.4 is 25.3 Å². The Labute approximate surface area is 145 Å². The Morgan fingerprint density at radius 1 is 0.960 bits per heavy atom. The average molecular weight is 354 g/mol. The standard InChI is InChI=1S/C16H22N2O7/c1-4-22-11-7-10(8-12(23-5-2)14(11)24-6-3)15(20)25-9-13(19)18-16(17)21/h7-8H,4-6,9H2,1-3H3,(H3,17,18,19,21). The maximum atomic E-state index is 12.1. The quantitative estimate of drug-likeness (QED) is 0.639. The molecule has 0 aliphatic carbocycles. The molecular formula is C16H22N2O7. The third-order valence-corrected chi connectivity index (χ3v) is 2.74. The molecule has 3 amide bonds. The lowest BCUT2D eigenvalue weighted by Gasteiger charge is -2.16. The molecule has 0 radical (unpaired) electrons. The lowest BCUT2D eigenvalue weighted by molar-refractivity contribution is -0.123. The zero-order chi connectivity index (χ0) is 18.8. The molecule has 1 aromatic carbocycles. The fourth-order valence-corrected chi connectivity index (χ4v) is 1.89. The summed E-state index contributed by atoms with van der Waals surface area (Å²) in [6, 6.07) is 1.84. The summed E-state index contributed by atoms with van der Waals surface area (Å²) in [4.78, 5) is 34.0. The number of amides is 3. The van der Waals surface area contributed by atoms with Crippen molar-refractivity contribution in [1.82, 2.24) is 5.32 Å². The van der Waals surface area contributed by atoms with Crippen LogP contribution in [-0.2, 0) is 9.53 Å². The van der Waals surface area contributed by atoms with Crippen molar-refractivity contribution in [3.8, 4) is 17.2 Å². The first-order chi connectivity index (χ1) is 11.9. The molecule has 0 fully saturated rings. The Morgan fingerprint density at radius 2 is 1.48 bits per heavy atom. The number of hydrogen-bond acceptors (Lipinski definition) is 7. The summed E-state index contributed by atoms with van der Waals surface area (Å²) < 4.78 is 21.4. The molecule has 0 unspecified atom stereocenters. The molecule has 0 aliphatic heterocycles. The van der Waals surface area contributed by atoms with E-state index in [2.05, 4.69) is 0 Å². The van der Waals surface area contributed by atoms with Crippen LogP contribution in [0.25, 0.3) is 0 Å². The first kappa shape index (κ1) is 20.1. The summed E-state index contributed by atoms with van der Waals surface area (Å²) in [6.45, 7) is 5.83. The van der Waals surface area contributed by atoms with Crippen molar-refractivity contribution in [2.75, 3.05) is 26.4 Å².